The average Bonchev–Trinajstić information content (AvgIpc) is 2.91. The summed E-state index contributed by atoms with van der Waals surface area (Å²) >= 11 is 3.52. The second kappa shape index (κ2) is 5.93. The van der Waals surface area contributed by atoms with Crippen LogP contribution in [0.5, 0.6) is 5.75 Å². The van der Waals surface area contributed by atoms with E-state index in [1.54, 1.807) is 6.07 Å². The molecule has 1 unspecified atom stereocenters. The van der Waals surface area contributed by atoms with Crippen molar-refractivity contribution in [3.8, 4) is 5.75 Å². The Kier molecular flexibility index (Phi) is 4.42. The molecule has 0 radical (unpaired) electrons. The fourth-order valence-electron chi connectivity index (χ4n) is 2.11. The number of aromatic carboxylic acids is 1. The molecule has 0 aliphatic rings. The fraction of sp³-hybridized carbons (Fsp3) is 0.312. The smallest absolute Gasteiger partial charge is 0.371 e. The molecule has 1 N–H and O–H groups in total. The molecule has 0 saturated heterocycles. The Balaban J connectivity index is 2.29. The highest BCUT2D eigenvalue weighted by molar-refractivity contribution is 9.10. The first-order valence-electron chi connectivity index (χ1n) is 6.57. The molecule has 0 fully saturated rings. The maximum atomic E-state index is 10.8. The molecule has 1 heterocycles. The number of aryl methyl sites for hydroxylation is 1. The zero-order valence-corrected chi connectivity index (χ0v) is 13.9. The van der Waals surface area contributed by atoms with Crippen LogP contribution in [0.3, 0.4) is 0 Å². The second-order valence-corrected chi connectivity index (χ2v) is 5.88. The molecule has 0 amide bonds. The molecule has 1 atom stereocenters. The van der Waals surface area contributed by atoms with Gasteiger partial charge in [0.25, 0.3) is 0 Å². The summed E-state index contributed by atoms with van der Waals surface area (Å²) in [6, 6.07) is 5.07. The van der Waals surface area contributed by atoms with Crippen molar-refractivity contribution in [2.75, 3.05) is 0 Å². The van der Waals surface area contributed by atoms with Crippen LogP contribution in [0.2, 0.25) is 0 Å². The summed E-state index contributed by atoms with van der Waals surface area (Å²) < 4.78 is 12.3. The Morgan fingerprint density at radius 3 is 2.52 bits per heavy atom. The first kappa shape index (κ1) is 15.6. The van der Waals surface area contributed by atoms with E-state index in [9.17, 15) is 4.79 Å². The van der Waals surface area contributed by atoms with Crippen molar-refractivity contribution in [1.29, 1.82) is 0 Å². The van der Waals surface area contributed by atoms with Crippen LogP contribution >= 0.6 is 15.9 Å². The highest BCUT2D eigenvalue weighted by Gasteiger charge is 2.18. The summed E-state index contributed by atoms with van der Waals surface area (Å²) in [7, 11) is 0. The molecule has 21 heavy (non-hydrogen) atoms. The number of carboxylic acid groups (broad SMARTS) is 1. The first-order chi connectivity index (χ1) is 9.81. The molecular formula is C16H17BrO4. The van der Waals surface area contributed by atoms with E-state index in [-0.39, 0.29) is 11.9 Å². The van der Waals surface area contributed by atoms with Crippen molar-refractivity contribution in [3.63, 3.8) is 0 Å². The number of hydrogen-bond donors (Lipinski definition) is 1. The number of ether oxygens (including phenoxy) is 1. The minimum atomic E-state index is -1.08. The van der Waals surface area contributed by atoms with Gasteiger partial charge in [0.15, 0.2) is 6.10 Å². The monoisotopic (exact) mass is 352 g/mol. The van der Waals surface area contributed by atoms with Gasteiger partial charge in [-0.2, -0.15) is 0 Å². The van der Waals surface area contributed by atoms with Gasteiger partial charge in [-0.25, -0.2) is 4.79 Å². The van der Waals surface area contributed by atoms with Gasteiger partial charge in [-0.3, -0.25) is 0 Å². The predicted octanol–water partition coefficient (Wildman–Crippen LogP) is 4.81. The molecule has 0 saturated carbocycles. The van der Waals surface area contributed by atoms with Crippen molar-refractivity contribution in [2.45, 2.75) is 33.8 Å². The number of halogens is 1. The van der Waals surface area contributed by atoms with Crippen molar-refractivity contribution < 1.29 is 19.1 Å². The van der Waals surface area contributed by atoms with Crippen LogP contribution in [0.1, 0.15) is 46.0 Å². The fourth-order valence-corrected chi connectivity index (χ4v) is 2.75. The number of carboxylic acids is 1. The predicted molar refractivity (Wildman–Crippen MR) is 83.1 cm³/mol. The highest BCUT2D eigenvalue weighted by Crippen LogP contribution is 2.34. The van der Waals surface area contributed by atoms with Gasteiger partial charge in [-0.1, -0.05) is 15.9 Å². The number of furan rings is 1. The Morgan fingerprint density at radius 2 is 1.95 bits per heavy atom. The van der Waals surface area contributed by atoms with Gasteiger partial charge in [0.2, 0.25) is 5.76 Å². The maximum absolute atomic E-state index is 10.8. The van der Waals surface area contributed by atoms with Gasteiger partial charge in [0.1, 0.15) is 11.5 Å². The molecule has 2 rings (SSSR count). The van der Waals surface area contributed by atoms with Gasteiger partial charge in [-0.15, -0.1) is 0 Å². The number of rotatable bonds is 4. The molecule has 112 valence electrons. The van der Waals surface area contributed by atoms with E-state index in [1.807, 2.05) is 33.8 Å². The Bertz CT molecular complexity index is 688. The Labute approximate surface area is 131 Å². The maximum Gasteiger partial charge on any atom is 0.371 e. The van der Waals surface area contributed by atoms with Crippen LogP contribution in [0.25, 0.3) is 0 Å². The zero-order chi connectivity index (χ0) is 15.7. The van der Waals surface area contributed by atoms with Crippen molar-refractivity contribution >= 4 is 21.9 Å². The number of benzene rings is 1. The molecule has 0 spiro atoms. The first-order valence-corrected chi connectivity index (χ1v) is 7.36. The summed E-state index contributed by atoms with van der Waals surface area (Å²) in [6.45, 7) is 7.83. The summed E-state index contributed by atoms with van der Waals surface area (Å²) in [5.41, 5.74) is 3.19. The van der Waals surface area contributed by atoms with Crippen LogP contribution in [-0.4, -0.2) is 11.1 Å². The highest BCUT2D eigenvalue weighted by atomic mass is 79.9. The summed E-state index contributed by atoms with van der Waals surface area (Å²) in [6.07, 6.45) is -0.365. The van der Waals surface area contributed by atoms with Crippen molar-refractivity contribution in [3.05, 3.63) is 50.9 Å². The number of hydrogen-bond acceptors (Lipinski definition) is 3. The van der Waals surface area contributed by atoms with Crippen LogP contribution in [0.15, 0.2) is 27.1 Å². The third-order valence-electron chi connectivity index (χ3n) is 3.50. The molecular weight excluding hydrogens is 336 g/mol. The molecule has 5 heteroatoms. The van der Waals surface area contributed by atoms with Gasteiger partial charge in [0.05, 0.1) is 0 Å². The van der Waals surface area contributed by atoms with E-state index in [1.165, 1.54) is 6.07 Å². The van der Waals surface area contributed by atoms with E-state index in [2.05, 4.69) is 15.9 Å². The molecule has 2 aromatic rings. The topological polar surface area (TPSA) is 59.7 Å². The van der Waals surface area contributed by atoms with E-state index in [0.717, 1.165) is 26.9 Å². The van der Waals surface area contributed by atoms with Gasteiger partial charge in [-0.05, 0) is 62.6 Å². The van der Waals surface area contributed by atoms with Crippen LogP contribution in [-0.2, 0) is 0 Å². The molecule has 1 aromatic heterocycles. The number of carbonyl (C=O) groups is 1. The zero-order valence-electron chi connectivity index (χ0n) is 12.4. The summed E-state index contributed by atoms with van der Waals surface area (Å²) in [4.78, 5) is 10.8. The van der Waals surface area contributed by atoms with E-state index in [0.29, 0.717) is 5.76 Å². The third kappa shape index (κ3) is 3.13. The quantitative estimate of drug-likeness (QED) is 0.857. The van der Waals surface area contributed by atoms with Crippen LogP contribution in [0.4, 0.5) is 0 Å². The molecule has 4 nitrogen and oxygen atoms in total. The van der Waals surface area contributed by atoms with Crippen molar-refractivity contribution in [1.82, 2.24) is 0 Å². The molecule has 0 aliphatic heterocycles. The van der Waals surface area contributed by atoms with E-state index in [4.69, 9.17) is 14.3 Å². The molecule has 0 aliphatic carbocycles. The standard InChI is InChI=1S/C16H17BrO4/c1-8-7-12(17)9(2)10(3)15(8)20-11(4)13-5-6-14(21-13)16(18)19/h5-7,11H,1-4H3,(H,18,19). The Hall–Kier alpha value is -1.75. The molecule has 0 bridgehead atoms. The van der Waals surface area contributed by atoms with E-state index < -0.39 is 5.97 Å². The lowest BCUT2D eigenvalue weighted by Gasteiger charge is -2.19. The molecule has 1 aromatic carbocycles. The normalized spacial score (nSPS) is 12.2. The Morgan fingerprint density at radius 1 is 1.29 bits per heavy atom. The third-order valence-corrected chi connectivity index (χ3v) is 4.32. The lowest BCUT2D eigenvalue weighted by molar-refractivity contribution is 0.0655. The van der Waals surface area contributed by atoms with Gasteiger partial charge >= 0.3 is 5.97 Å². The van der Waals surface area contributed by atoms with Crippen LogP contribution < -0.4 is 4.74 Å². The summed E-state index contributed by atoms with van der Waals surface area (Å²) in [5, 5.41) is 8.89. The summed E-state index contributed by atoms with van der Waals surface area (Å²) in [5.74, 6) is 0.129. The second-order valence-electron chi connectivity index (χ2n) is 5.02. The van der Waals surface area contributed by atoms with Gasteiger partial charge < -0.3 is 14.3 Å². The minimum Gasteiger partial charge on any atom is -0.482 e. The lowest BCUT2D eigenvalue weighted by atomic mass is 10.1. The SMILES string of the molecule is Cc1cc(Br)c(C)c(C)c1OC(C)c1ccc(C(=O)O)o1. The average molecular weight is 353 g/mol. The van der Waals surface area contributed by atoms with E-state index >= 15 is 0 Å². The van der Waals surface area contributed by atoms with Gasteiger partial charge in [0, 0.05) is 4.47 Å². The largest absolute Gasteiger partial charge is 0.482 e. The lowest BCUT2D eigenvalue weighted by Crippen LogP contribution is -2.05. The van der Waals surface area contributed by atoms with Crippen molar-refractivity contribution in [2.24, 2.45) is 0 Å². The minimum absolute atomic E-state index is 0.0825. The van der Waals surface area contributed by atoms with Crippen LogP contribution in [0, 0.1) is 20.8 Å².